The van der Waals surface area contributed by atoms with Gasteiger partial charge in [-0.05, 0) is 35.8 Å². The highest BCUT2D eigenvalue weighted by Crippen LogP contribution is 2.37. The van der Waals surface area contributed by atoms with Crippen molar-refractivity contribution in [2.45, 2.75) is 44.6 Å². The summed E-state index contributed by atoms with van der Waals surface area (Å²) in [6.07, 6.45) is 3.08. The van der Waals surface area contributed by atoms with Gasteiger partial charge in [0.15, 0.2) is 0 Å². The van der Waals surface area contributed by atoms with Gasteiger partial charge in [0.25, 0.3) is 0 Å². The van der Waals surface area contributed by atoms with Crippen molar-refractivity contribution in [1.29, 1.82) is 0 Å². The van der Waals surface area contributed by atoms with E-state index < -0.39 is 6.10 Å². The van der Waals surface area contributed by atoms with Crippen molar-refractivity contribution in [3.63, 3.8) is 0 Å². The number of H-pyrrole nitrogens is 1. The first-order valence-corrected chi connectivity index (χ1v) is 6.95. The van der Waals surface area contributed by atoms with Crippen LogP contribution >= 0.6 is 0 Å². The maximum atomic E-state index is 10.2. The largest absolute Gasteiger partial charge is 0.388 e. The number of fused-ring (bicyclic) bond motifs is 1. The number of aliphatic hydroxyl groups excluding tert-OH is 1. The van der Waals surface area contributed by atoms with Gasteiger partial charge in [0.05, 0.1) is 12.3 Å². The van der Waals surface area contributed by atoms with Crippen LogP contribution in [0.3, 0.4) is 0 Å². The molecule has 0 aliphatic heterocycles. The predicted octanol–water partition coefficient (Wildman–Crippen LogP) is 3.30. The Morgan fingerprint density at radius 1 is 1.26 bits per heavy atom. The van der Waals surface area contributed by atoms with E-state index in [1.807, 2.05) is 0 Å². The molecule has 0 spiro atoms. The van der Waals surface area contributed by atoms with Crippen LogP contribution in [0.5, 0.6) is 0 Å². The molecule has 0 saturated heterocycles. The first-order valence-electron chi connectivity index (χ1n) is 6.95. The van der Waals surface area contributed by atoms with Crippen molar-refractivity contribution < 1.29 is 5.11 Å². The first-order chi connectivity index (χ1) is 9.15. The smallest absolute Gasteiger partial charge is 0.0829 e. The third kappa shape index (κ3) is 2.30. The third-order valence-corrected chi connectivity index (χ3v) is 4.14. The third-order valence-electron chi connectivity index (χ3n) is 4.14. The number of aromatic nitrogens is 2. The Kier molecular flexibility index (Phi) is 3.15. The fraction of sp³-hybridized carbons (Fsp3) is 0.438. The molecule has 2 aromatic rings. The van der Waals surface area contributed by atoms with Gasteiger partial charge in [0, 0.05) is 11.3 Å². The minimum atomic E-state index is -0.391. The Balaban J connectivity index is 1.84. The predicted molar refractivity (Wildman–Crippen MR) is 75.1 cm³/mol. The fourth-order valence-corrected chi connectivity index (χ4v) is 2.91. The summed E-state index contributed by atoms with van der Waals surface area (Å²) in [7, 11) is 0. The standard InChI is InChI=1S/C16H20N2O/c1-10(2)11-3-5-12(6-4-11)13-7-15-14(9-17-18-15)16(19)8-13/h3-6,9-10,13,16,19H,7-8H2,1-2H3,(H,17,18). The lowest BCUT2D eigenvalue weighted by atomic mass is 9.81. The van der Waals surface area contributed by atoms with E-state index in [-0.39, 0.29) is 0 Å². The Morgan fingerprint density at radius 2 is 2.00 bits per heavy atom. The number of rotatable bonds is 2. The summed E-state index contributed by atoms with van der Waals surface area (Å²) in [5.74, 6) is 0.939. The summed E-state index contributed by atoms with van der Waals surface area (Å²) >= 11 is 0. The van der Waals surface area contributed by atoms with Crippen LogP contribution in [0.25, 0.3) is 0 Å². The van der Waals surface area contributed by atoms with E-state index in [2.05, 4.69) is 48.3 Å². The van der Waals surface area contributed by atoms with E-state index in [0.717, 1.165) is 24.1 Å². The van der Waals surface area contributed by atoms with E-state index in [0.29, 0.717) is 11.8 Å². The molecule has 1 aliphatic rings. The van der Waals surface area contributed by atoms with Crippen molar-refractivity contribution in [3.05, 3.63) is 52.8 Å². The normalized spacial score (nSPS) is 22.5. The summed E-state index contributed by atoms with van der Waals surface area (Å²) in [5.41, 5.74) is 4.72. The van der Waals surface area contributed by atoms with Crippen LogP contribution in [0.15, 0.2) is 30.5 Å². The second-order valence-electron chi connectivity index (χ2n) is 5.78. The van der Waals surface area contributed by atoms with E-state index in [1.54, 1.807) is 6.20 Å². The van der Waals surface area contributed by atoms with Gasteiger partial charge in [0.2, 0.25) is 0 Å². The Bertz CT molecular complexity index is 556. The van der Waals surface area contributed by atoms with Crippen LogP contribution in [0.4, 0.5) is 0 Å². The van der Waals surface area contributed by atoms with Crippen LogP contribution in [0, 0.1) is 0 Å². The quantitative estimate of drug-likeness (QED) is 0.866. The minimum Gasteiger partial charge on any atom is -0.388 e. The van der Waals surface area contributed by atoms with Gasteiger partial charge in [-0.25, -0.2) is 0 Å². The lowest BCUT2D eigenvalue weighted by molar-refractivity contribution is 0.147. The summed E-state index contributed by atoms with van der Waals surface area (Å²) in [4.78, 5) is 0. The number of benzene rings is 1. The molecular formula is C16H20N2O. The minimum absolute atomic E-state index is 0.379. The summed E-state index contributed by atoms with van der Waals surface area (Å²) in [5, 5.41) is 17.2. The molecule has 1 aliphatic carbocycles. The molecule has 0 bridgehead atoms. The van der Waals surface area contributed by atoms with Gasteiger partial charge in [0.1, 0.15) is 0 Å². The topological polar surface area (TPSA) is 48.9 Å². The number of nitrogens with zero attached hydrogens (tertiary/aromatic N) is 1. The van der Waals surface area contributed by atoms with Gasteiger partial charge in [-0.2, -0.15) is 5.10 Å². The SMILES string of the molecule is CC(C)c1ccc(C2Cc3[nH]ncc3C(O)C2)cc1. The highest BCUT2D eigenvalue weighted by atomic mass is 16.3. The van der Waals surface area contributed by atoms with Crippen molar-refractivity contribution >= 4 is 0 Å². The summed E-state index contributed by atoms with van der Waals surface area (Å²) < 4.78 is 0. The molecule has 1 aromatic carbocycles. The van der Waals surface area contributed by atoms with Gasteiger partial charge >= 0.3 is 0 Å². The molecule has 0 fully saturated rings. The second kappa shape index (κ2) is 4.82. The molecule has 1 aromatic heterocycles. The molecule has 0 amide bonds. The lowest BCUT2D eigenvalue weighted by Crippen LogP contribution is -2.16. The monoisotopic (exact) mass is 256 g/mol. The van der Waals surface area contributed by atoms with Gasteiger partial charge < -0.3 is 5.11 Å². The Morgan fingerprint density at radius 3 is 2.68 bits per heavy atom. The van der Waals surface area contributed by atoms with Crippen LogP contribution < -0.4 is 0 Å². The summed E-state index contributed by atoms with van der Waals surface area (Å²) in [6.45, 7) is 4.41. The summed E-state index contributed by atoms with van der Waals surface area (Å²) in [6, 6.07) is 8.81. The maximum absolute atomic E-state index is 10.2. The van der Waals surface area contributed by atoms with Crippen molar-refractivity contribution in [2.75, 3.05) is 0 Å². The van der Waals surface area contributed by atoms with Crippen LogP contribution in [-0.2, 0) is 6.42 Å². The number of hydrogen-bond donors (Lipinski definition) is 2. The zero-order valence-corrected chi connectivity index (χ0v) is 11.4. The number of aromatic amines is 1. The van der Waals surface area contributed by atoms with Gasteiger partial charge in [-0.3, -0.25) is 5.10 Å². The molecule has 2 N–H and O–H groups in total. The van der Waals surface area contributed by atoms with Crippen molar-refractivity contribution in [3.8, 4) is 0 Å². The van der Waals surface area contributed by atoms with E-state index in [4.69, 9.17) is 0 Å². The van der Waals surface area contributed by atoms with Crippen molar-refractivity contribution in [2.24, 2.45) is 0 Å². The molecule has 0 saturated carbocycles. The first kappa shape index (κ1) is 12.4. The van der Waals surface area contributed by atoms with E-state index in [1.165, 1.54) is 11.1 Å². The molecule has 19 heavy (non-hydrogen) atoms. The molecule has 1 heterocycles. The number of nitrogens with one attached hydrogen (secondary N) is 1. The Hall–Kier alpha value is -1.61. The highest BCUT2D eigenvalue weighted by Gasteiger charge is 2.27. The average Bonchev–Trinajstić information content (AvgIpc) is 2.87. The molecule has 2 atom stereocenters. The molecule has 3 nitrogen and oxygen atoms in total. The number of hydrogen-bond acceptors (Lipinski definition) is 2. The highest BCUT2D eigenvalue weighted by molar-refractivity contribution is 5.32. The molecule has 2 unspecified atom stereocenters. The van der Waals surface area contributed by atoms with Crippen LogP contribution in [-0.4, -0.2) is 15.3 Å². The van der Waals surface area contributed by atoms with E-state index >= 15 is 0 Å². The molecular weight excluding hydrogens is 236 g/mol. The molecule has 3 heteroatoms. The van der Waals surface area contributed by atoms with E-state index in [9.17, 15) is 5.11 Å². The van der Waals surface area contributed by atoms with Gasteiger partial charge in [-0.15, -0.1) is 0 Å². The maximum Gasteiger partial charge on any atom is 0.0829 e. The average molecular weight is 256 g/mol. The van der Waals surface area contributed by atoms with Gasteiger partial charge in [-0.1, -0.05) is 38.1 Å². The lowest BCUT2D eigenvalue weighted by Gasteiger charge is -2.26. The molecule has 0 radical (unpaired) electrons. The zero-order chi connectivity index (χ0) is 13.4. The number of aliphatic hydroxyl groups is 1. The Labute approximate surface area is 113 Å². The zero-order valence-electron chi connectivity index (χ0n) is 11.4. The second-order valence-corrected chi connectivity index (χ2v) is 5.78. The fourth-order valence-electron chi connectivity index (χ4n) is 2.91. The molecule has 100 valence electrons. The van der Waals surface area contributed by atoms with Crippen LogP contribution in [0.1, 0.15) is 60.6 Å². The van der Waals surface area contributed by atoms with Crippen LogP contribution in [0.2, 0.25) is 0 Å². The van der Waals surface area contributed by atoms with Crippen molar-refractivity contribution in [1.82, 2.24) is 10.2 Å². The molecule has 3 rings (SSSR count).